The van der Waals surface area contributed by atoms with E-state index in [0.29, 0.717) is 0 Å². The van der Waals surface area contributed by atoms with E-state index in [2.05, 4.69) is 9.72 Å². The second-order valence-electron chi connectivity index (χ2n) is 3.18. The Hall–Kier alpha value is -2.32. The van der Waals surface area contributed by atoms with E-state index in [0.717, 1.165) is 13.3 Å². The third-order valence-corrected chi connectivity index (χ3v) is 2.06. The maximum atomic E-state index is 12.8. The Morgan fingerprint density at radius 3 is 2.67 bits per heavy atom. The van der Waals surface area contributed by atoms with Crippen LogP contribution in [0.2, 0.25) is 0 Å². The van der Waals surface area contributed by atoms with Crippen molar-refractivity contribution in [3.8, 4) is 5.75 Å². The van der Waals surface area contributed by atoms with Gasteiger partial charge in [-0.25, -0.2) is 8.78 Å². The highest BCUT2D eigenvalue weighted by atomic mass is 19.3. The second-order valence-corrected chi connectivity index (χ2v) is 3.18. The van der Waals surface area contributed by atoms with Crippen molar-refractivity contribution in [2.24, 2.45) is 0 Å². The molecule has 0 aliphatic carbocycles. The number of rotatable bonds is 5. The third kappa shape index (κ3) is 2.67. The lowest BCUT2D eigenvalue weighted by Crippen LogP contribution is -2.08. The van der Waals surface area contributed by atoms with Crippen LogP contribution in [0.5, 0.6) is 5.75 Å². The fourth-order valence-electron chi connectivity index (χ4n) is 1.41. The average Bonchev–Trinajstić information content (AvgIpc) is 2.26. The molecule has 0 aliphatic heterocycles. The summed E-state index contributed by atoms with van der Waals surface area (Å²) in [4.78, 5) is 23.3. The number of pyridine rings is 1. The predicted molar refractivity (Wildman–Crippen MR) is 53.7 cm³/mol. The van der Waals surface area contributed by atoms with Crippen molar-refractivity contribution in [1.29, 1.82) is 0 Å². The Morgan fingerprint density at radius 1 is 1.67 bits per heavy atom. The van der Waals surface area contributed by atoms with Crippen LogP contribution in [0, 0.1) is 10.1 Å². The van der Waals surface area contributed by atoms with Crippen molar-refractivity contribution in [3.05, 3.63) is 27.4 Å². The van der Waals surface area contributed by atoms with Crippen LogP contribution in [0.3, 0.4) is 0 Å². The minimum Gasteiger partial charge on any atom is -0.495 e. The molecule has 0 atom stereocenters. The number of nitrogens with zero attached hydrogens (tertiary/aromatic N) is 2. The molecule has 1 N–H and O–H groups in total. The molecule has 1 aromatic heterocycles. The summed E-state index contributed by atoms with van der Waals surface area (Å²) in [7, 11) is 1.02. The number of halogens is 2. The van der Waals surface area contributed by atoms with Crippen molar-refractivity contribution in [2.45, 2.75) is 12.8 Å². The monoisotopic (exact) mass is 262 g/mol. The Labute approximate surface area is 99.2 Å². The molecule has 0 fully saturated rings. The number of hydrogen-bond acceptors (Lipinski definition) is 5. The van der Waals surface area contributed by atoms with Gasteiger partial charge in [-0.15, -0.1) is 0 Å². The molecule has 0 saturated heterocycles. The van der Waals surface area contributed by atoms with Crippen molar-refractivity contribution in [1.82, 2.24) is 4.98 Å². The molecule has 9 heteroatoms. The predicted octanol–water partition coefficient (Wildman–Crippen LogP) is 1.56. The summed E-state index contributed by atoms with van der Waals surface area (Å²) in [5.74, 6) is -2.85. The maximum absolute atomic E-state index is 12.8. The van der Waals surface area contributed by atoms with E-state index in [4.69, 9.17) is 5.11 Å². The molecular formula is C9H8F2N2O5. The van der Waals surface area contributed by atoms with Gasteiger partial charge in [0.1, 0.15) is 11.9 Å². The van der Waals surface area contributed by atoms with Crippen LogP contribution >= 0.6 is 0 Å². The Bertz CT molecular complexity index is 492. The summed E-state index contributed by atoms with van der Waals surface area (Å²) >= 11 is 0. The van der Waals surface area contributed by atoms with Crippen molar-refractivity contribution in [3.63, 3.8) is 0 Å². The molecule has 0 aromatic carbocycles. The van der Waals surface area contributed by atoms with Gasteiger partial charge in [0.2, 0.25) is 0 Å². The third-order valence-electron chi connectivity index (χ3n) is 2.06. The largest absolute Gasteiger partial charge is 0.495 e. The summed E-state index contributed by atoms with van der Waals surface area (Å²) < 4.78 is 30.2. The smallest absolute Gasteiger partial charge is 0.376 e. The van der Waals surface area contributed by atoms with E-state index < -0.39 is 40.9 Å². The lowest BCUT2D eigenvalue weighted by molar-refractivity contribution is -0.391. The number of carbonyl (C=O) groups is 1. The summed E-state index contributed by atoms with van der Waals surface area (Å²) in [6, 6.07) is 0. The van der Waals surface area contributed by atoms with Crippen molar-refractivity contribution in [2.75, 3.05) is 7.11 Å². The Morgan fingerprint density at radius 2 is 2.28 bits per heavy atom. The normalized spacial score (nSPS) is 10.4. The number of ether oxygens (including phenoxy) is 1. The van der Waals surface area contributed by atoms with Crippen LogP contribution in [-0.2, 0) is 11.2 Å². The first-order chi connectivity index (χ1) is 8.38. The molecule has 0 bridgehead atoms. The zero-order valence-corrected chi connectivity index (χ0v) is 9.09. The summed E-state index contributed by atoms with van der Waals surface area (Å²) in [6.45, 7) is 0. The summed E-state index contributed by atoms with van der Waals surface area (Å²) in [6.07, 6.45) is -2.97. The molecule has 1 rings (SSSR count). The standard InChI is InChI=1S/C9H8F2N2O5/c1-18-7-4(2-5(14)15)3-12-9(13(16)17)6(7)8(10)11/h3,8H,2H2,1H3,(H,14,15). The highest BCUT2D eigenvalue weighted by molar-refractivity contribution is 5.72. The minimum atomic E-state index is -3.19. The van der Waals surface area contributed by atoms with Gasteiger partial charge in [0.15, 0.2) is 5.56 Å². The van der Waals surface area contributed by atoms with Gasteiger partial charge in [-0.2, -0.15) is 0 Å². The first kappa shape index (κ1) is 13.7. The number of carboxylic acids is 1. The molecule has 7 nitrogen and oxygen atoms in total. The van der Waals surface area contributed by atoms with E-state index in [1.165, 1.54) is 0 Å². The Balaban J connectivity index is 3.47. The van der Waals surface area contributed by atoms with Gasteiger partial charge in [-0.3, -0.25) is 4.79 Å². The first-order valence-electron chi connectivity index (χ1n) is 4.58. The highest BCUT2D eigenvalue weighted by Gasteiger charge is 2.31. The van der Waals surface area contributed by atoms with Gasteiger partial charge < -0.3 is 20.0 Å². The van der Waals surface area contributed by atoms with Gasteiger partial charge in [-0.1, -0.05) is 0 Å². The molecule has 0 saturated carbocycles. The zero-order valence-electron chi connectivity index (χ0n) is 9.09. The van der Waals surface area contributed by atoms with Gasteiger partial charge >= 0.3 is 11.8 Å². The van der Waals surface area contributed by atoms with Crippen LogP contribution in [0.1, 0.15) is 17.6 Å². The minimum absolute atomic E-state index is 0.147. The van der Waals surface area contributed by atoms with E-state index in [1.54, 1.807) is 0 Å². The number of nitro groups is 1. The summed E-state index contributed by atoms with van der Waals surface area (Å²) in [5.41, 5.74) is -1.16. The van der Waals surface area contributed by atoms with Gasteiger partial charge in [0, 0.05) is 5.56 Å². The zero-order chi connectivity index (χ0) is 13.9. The maximum Gasteiger partial charge on any atom is 0.376 e. The number of aromatic nitrogens is 1. The van der Waals surface area contributed by atoms with Gasteiger partial charge in [-0.05, 0) is 9.91 Å². The van der Waals surface area contributed by atoms with E-state index >= 15 is 0 Å². The first-order valence-corrected chi connectivity index (χ1v) is 4.58. The van der Waals surface area contributed by atoms with Crippen LogP contribution in [0.15, 0.2) is 6.20 Å². The van der Waals surface area contributed by atoms with Crippen LogP contribution < -0.4 is 4.74 Å². The lowest BCUT2D eigenvalue weighted by atomic mass is 10.1. The quantitative estimate of drug-likeness (QED) is 0.638. The van der Waals surface area contributed by atoms with Crippen LogP contribution in [0.25, 0.3) is 0 Å². The molecule has 1 aromatic rings. The Kier molecular flexibility index (Phi) is 4.08. The molecule has 0 unspecified atom stereocenters. The molecule has 1 heterocycles. The molecule has 0 spiro atoms. The molecule has 0 amide bonds. The second kappa shape index (κ2) is 5.34. The highest BCUT2D eigenvalue weighted by Crippen LogP contribution is 2.37. The van der Waals surface area contributed by atoms with E-state index in [1.807, 2.05) is 0 Å². The molecular weight excluding hydrogens is 254 g/mol. The van der Waals surface area contributed by atoms with Crippen LogP contribution in [0.4, 0.5) is 14.6 Å². The molecule has 0 radical (unpaired) electrons. The number of hydrogen-bond donors (Lipinski definition) is 1. The number of carboxylic acid groups (broad SMARTS) is 1. The number of aliphatic carboxylic acids is 1. The van der Waals surface area contributed by atoms with Crippen molar-refractivity contribution >= 4 is 11.8 Å². The van der Waals surface area contributed by atoms with Crippen molar-refractivity contribution < 1.29 is 28.3 Å². The molecule has 18 heavy (non-hydrogen) atoms. The fourth-order valence-corrected chi connectivity index (χ4v) is 1.41. The topological polar surface area (TPSA) is 103 Å². The number of methoxy groups -OCH3 is 1. The van der Waals surface area contributed by atoms with Crippen LogP contribution in [-0.4, -0.2) is 28.1 Å². The van der Waals surface area contributed by atoms with Gasteiger partial charge in [0.05, 0.1) is 13.5 Å². The number of alkyl halides is 2. The fraction of sp³-hybridized carbons (Fsp3) is 0.333. The lowest BCUT2D eigenvalue weighted by Gasteiger charge is -2.10. The van der Waals surface area contributed by atoms with E-state index in [-0.39, 0.29) is 5.56 Å². The molecule has 98 valence electrons. The summed E-state index contributed by atoms with van der Waals surface area (Å²) in [5, 5.41) is 19.2. The SMILES string of the molecule is COc1c(CC(=O)O)cnc([N+](=O)[O-])c1C(F)F. The average molecular weight is 262 g/mol. The molecule has 0 aliphatic rings. The van der Waals surface area contributed by atoms with E-state index in [9.17, 15) is 23.7 Å². The van der Waals surface area contributed by atoms with Gasteiger partial charge in [0.25, 0.3) is 6.43 Å².